The molecule has 150 valence electrons. The molecule has 8 heteroatoms. The van der Waals surface area contributed by atoms with E-state index < -0.39 is 15.9 Å². The monoisotopic (exact) mass is 412 g/mol. The van der Waals surface area contributed by atoms with Crippen molar-refractivity contribution in [3.8, 4) is 17.2 Å². The zero-order valence-electron chi connectivity index (χ0n) is 15.9. The molecule has 0 unspecified atom stereocenters. The number of hydrogen-bond acceptors (Lipinski definition) is 5. The maximum absolute atomic E-state index is 12.6. The summed E-state index contributed by atoms with van der Waals surface area (Å²) in [6, 6.07) is 20.5. The Morgan fingerprint density at radius 3 is 2.14 bits per heavy atom. The van der Waals surface area contributed by atoms with E-state index in [1.54, 1.807) is 61.7 Å². The molecule has 1 amide bonds. The molecule has 0 aliphatic rings. The highest BCUT2D eigenvalue weighted by molar-refractivity contribution is 7.92. The number of para-hydroxylation sites is 3. The summed E-state index contributed by atoms with van der Waals surface area (Å²) in [5.41, 5.74) is 0.965. The summed E-state index contributed by atoms with van der Waals surface area (Å²) < 4.78 is 36.4. The fourth-order valence-electron chi connectivity index (χ4n) is 2.60. The van der Waals surface area contributed by atoms with Crippen molar-refractivity contribution in [2.75, 3.05) is 23.4 Å². The first-order chi connectivity index (χ1) is 13.9. The summed E-state index contributed by atoms with van der Waals surface area (Å²) >= 11 is 0. The molecule has 0 bridgehead atoms. The Morgan fingerprint density at radius 1 is 0.862 bits per heavy atom. The van der Waals surface area contributed by atoms with Crippen LogP contribution in [0.5, 0.6) is 17.2 Å². The number of ether oxygens (including phenoxy) is 2. The second-order valence-electron chi connectivity index (χ2n) is 6.15. The Hall–Kier alpha value is -3.52. The summed E-state index contributed by atoms with van der Waals surface area (Å²) in [4.78, 5) is 12.6. The van der Waals surface area contributed by atoms with Crippen molar-refractivity contribution in [2.45, 2.75) is 0 Å². The Labute approximate surface area is 169 Å². The van der Waals surface area contributed by atoms with Crippen LogP contribution in [0.1, 0.15) is 10.4 Å². The van der Waals surface area contributed by atoms with Gasteiger partial charge in [-0.25, -0.2) is 8.42 Å². The van der Waals surface area contributed by atoms with Crippen molar-refractivity contribution < 1.29 is 22.7 Å². The van der Waals surface area contributed by atoms with Gasteiger partial charge >= 0.3 is 0 Å². The fourth-order valence-corrected chi connectivity index (χ4v) is 3.18. The quantitative estimate of drug-likeness (QED) is 0.609. The smallest absolute Gasteiger partial charge is 0.257 e. The van der Waals surface area contributed by atoms with Crippen LogP contribution in [0.25, 0.3) is 0 Å². The molecule has 0 saturated heterocycles. The molecule has 29 heavy (non-hydrogen) atoms. The molecular formula is C21H20N2O5S. The second-order valence-corrected chi connectivity index (χ2v) is 7.90. The molecule has 0 radical (unpaired) electrons. The van der Waals surface area contributed by atoms with Gasteiger partial charge in [0, 0.05) is 5.69 Å². The van der Waals surface area contributed by atoms with E-state index in [-0.39, 0.29) is 11.3 Å². The molecule has 2 N–H and O–H groups in total. The number of amides is 1. The number of anilines is 2. The number of carbonyl (C=O) groups excluding carboxylic acids is 1. The minimum absolute atomic E-state index is 0.212. The molecule has 3 rings (SSSR count). The first-order valence-corrected chi connectivity index (χ1v) is 10.5. The predicted octanol–water partition coefficient (Wildman–Crippen LogP) is 4.11. The predicted molar refractivity (Wildman–Crippen MR) is 112 cm³/mol. The molecule has 0 aliphatic carbocycles. The number of carbonyl (C=O) groups is 1. The number of sulfonamides is 1. The number of rotatable bonds is 7. The molecule has 0 fully saturated rings. The van der Waals surface area contributed by atoms with Crippen molar-refractivity contribution in [1.29, 1.82) is 0 Å². The molecular weight excluding hydrogens is 392 g/mol. The van der Waals surface area contributed by atoms with Gasteiger partial charge in [0.15, 0.2) is 11.5 Å². The van der Waals surface area contributed by atoms with Gasteiger partial charge in [0.25, 0.3) is 5.91 Å². The maximum Gasteiger partial charge on any atom is 0.257 e. The Kier molecular flexibility index (Phi) is 6.04. The van der Waals surface area contributed by atoms with Gasteiger partial charge in [0.2, 0.25) is 10.0 Å². The highest BCUT2D eigenvalue weighted by atomic mass is 32.2. The van der Waals surface area contributed by atoms with E-state index >= 15 is 0 Å². The lowest BCUT2D eigenvalue weighted by atomic mass is 10.1. The highest BCUT2D eigenvalue weighted by Gasteiger charge is 2.14. The zero-order chi connectivity index (χ0) is 20.9. The summed E-state index contributed by atoms with van der Waals surface area (Å²) in [7, 11) is -1.94. The third-order valence-corrected chi connectivity index (χ3v) is 4.47. The maximum atomic E-state index is 12.6. The van der Waals surface area contributed by atoms with Crippen LogP contribution < -0.4 is 19.5 Å². The molecule has 3 aromatic rings. The first-order valence-electron chi connectivity index (χ1n) is 8.65. The summed E-state index contributed by atoms with van der Waals surface area (Å²) in [6.45, 7) is 0. The van der Waals surface area contributed by atoms with E-state index in [1.165, 1.54) is 6.07 Å². The van der Waals surface area contributed by atoms with Crippen molar-refractivity contribution in [3.05, 3.63) is 78.4 Å². The number of nitrogens with one attached hydrogen (secondary N) is 2. The molecule has 0 heterocycles. The fraction of sp³-hybridized carbons (Fsp3) is 0.0952. The Morgan fingerprint density at radius 2 is 1.48 bits per heavy atom. The standard InChI is InChI=1S/C21H20N2O5S/c1-27-19-9-5-6-10-20(19)28-16-13-11-15(12-14-16)22-21(24)17-7-3-4-8-18(17)23-29(2,25)26/h3-14,23H,1-2H3,(H,22,24). The molecule has 0 atom stereocenters. The summed E-state index contributed by atoms with van der Waals surface area (Å²) in [5.74, 6) is 1.33. The van der Waals surface area contributed by atoms with E-state index in [4.69, 9.17) is 9.47 Å². The van der Waals surface area contributed by atoms with Gasteiger partial charge in [-0.3, -0.25) is 9.52 Å². The minimum atomic E-state index is -3.50. The SMILES string of the molecule is COc1ccccc1Oc1ccc(NC(=O)c2ccccc2NS(C)(=O)=O)cc1. The minimum Gasteiger partial charge on any atom is -0.493 e. The topological polar surface area (TPSA) is 93.7 Å². The van der Waals surface area contributed by atoms with Gasteiger partial charge in [0.1, 0.15) is 5.75 Å². The van der Waals surface area contributed by atoms with E-state index in [0.29, 0.717) is 22.9 Å². The van der Waals surface area contributed by atoms with Crippen LogP contribution in [0.3, 0.4) is 0 Å². The molecule has 7 nitrogen and oxygen atoms in total. The van der Waals surface area contributed by atoms with Crippen LogP contribution in [0.2, 0.25) is 0 Å². The van der Waals surface area contributed by atoms with Crippen molar-refractivity contribution >= 4 is 27.3 Å². The van der Waals surface area contributed by atoms with E-state index in [1.807, 2.05) is 12.1 Å². The summed E-state index contributed by atoms with van der Waals surface area (Å²) in [6.07, 6.45) is 1.03. The first kappa shape index (κ1) is 20.2. The van der Waals surface area contributed by atoms with E-state index in [0.717, 1.165) is 6.26 Å². The number of benzene rings is 3. The van der Waals surface area contributed by atoms with Crippen molar-refractivity contribution in [1.82, 2.24) is 0 Å². The van der Waals surface area contributed by atoms with Crippen LogP contribution >= 0.6 is 0 Å². The lowest BCUT2D eigenvalue weighted by Crippen LogP contribution is -2.17. The third kappa shape index (κ3) is 5.49. The van der Waals surface area contributed by atoms with Gasteiger partial charge < -0.3 is 14.8 Å². The average molecular weight is 412 g/mol. The van der Waals surface area contributed by atoms with Gasteiger partial charge in [-0.15, -0.1) is 0 Å². The second kappa shape index (κ2) is 8.66. The van der Waals surface area contributed by atoms with Crippen LogP contribution in [-0.2, 0) is 10.0 Å². The molecule has 3 aromatic carbocycles. The van der Waals surface area contributed by atoms with Crippen LogP contribution in [0.4, 0.5) is 11.4 Å². The normalized spacial score (nSPS) is 10.8. The average Bonchev–Trinajstić information content (AvgIpc) is 2.69. The molecule has 0 saturated carbocycles. The van der Waals surface area contributed by atoms with Crippen LogP contribution in [0.15, 0.2) is 72.8 Å². The Balaban J connectivity index is 1.73. The van der Waals surface area contributed by atoms with Gasteiger partial charge in [-0.2, -0.15) is 0 Å². The molecule has 0 aromatic heterocycles. The lowest BCUT2D eigenvalue weighted by Gasteiger charge is -2.12. The Bertz CT molecular complexity index is 1110. The highest BCUT2D eigenvalue weighted by Crippen LogP contribution is 2.31. The van der Waals surface area contributed by atoms with Gasteiger partial charge in [-0.1, -0.05) is 24.3 Å². The summed E-state index contributed by atoms with van der Waals surface area (Å²) in [5, 5.41) is 2.74. The molecule has 0 spiro atoms. The van der Waals surface area contributed by atoms with E-state index in [2.05, 4.69) is 10.0 Å². The van der Waals surface area contributed by atoms with Gasteiger partial charge in [-0.05, 0) is 48.5 Å². The molecule has 0 aliphatic heterocycles. The van der Waals surface area contributed by atoms with Gasteiger partial charge in [0.05, 0.1) is 24.6 Å². The zero-order valence-corrected chi connectivity index (χ0v) is 16.7. The van der Waals surface area contributed by atoms with Crippen LogP contribution in [-0.4, -0.2) is 27.7 Å². The lowest BCUT2D eigenvalue weighted by molar-refractivity contribution is 0.102. The van der Waals surface area contributed by atoms with E-state index in [9.17, 15) is 13.2 Å². The van der Waals surface area contributed by atoms with Crippen LogP contribution in [0, 0.1) is 0 Å². The number of methoxy groups -OCH3 is 1. The number of hydrogen-bond donors (Lipinski definition) is 2. The third-order valence-electron chi connectivity index (χ3n) is 3.88. The van der Waals surface area contributed by atoms with Crippen molar-refractivity contribution in [2.24, 2.45) is 0 Å². The largest absolute Gasteiger partial charge is 0.493 e. The van der Waals surface area contributed by atoms with Crippen molar-refractivity contribution in [3.63, 3.8) is 0 Å².